The Kier molecular flexibility index (Phi) is 2.67. The van der Waals surface area contributed by atoms with E-state index in [9.17, 15) is 18.0 Å². The summed E-state index contributed by atoms with van der Waals surface area (Å²) in [6.07, 6.45) is 2.02. The summed E-state index contributed by atoms with van der Waals surface area (Å²) in [5.41, 5.74) is 0.398. The maximum absolute atomic E-state index is 12.5. The Hall–Kier alpha value is -1.75. The van der Waals surface area contributed by atoms with Gasteiger partial charge in [-0.1, -0.05) is 18.2 Å². The minimum atomic E-state index is -3.72. The van der Waals surface area contributed by atoms with Gasteiger partial charge in [-0.2, -0.15) is 0 Å². The van der Waals surface area contributed by atoms with Crippen LogP contribution in [0.5, 0.6) is 0 Å². The number of allylic oxidation sites excluding steroid dienone is 2. The Morgan fingerprint density at radius 1 is 1.05 bits per heavy atom. The highest BCUT2D eigenvalue weighted by atomic mass is 32.2. The summed E-state index contributed by atoms with van der Waals surface area (Å²) in [6.45, 7) is 0. The Morgan fingerprint density at radius 2 is 1.74 bits per heavy atom. The normalized spacial score (nSPS) is 26.4. The molecule has 1 fully saturated rings. The van der Waals surface area contributed by atoms with E-state index in [1.54, 1.807) is 18.2 Å². The van der Waals surface area contributed by atoms with Crippen molar-refractivity contribution in [3.05, 3.63) is 42.0 Å². The molecule has 2 aliphatic rings. The van der Waals surface area contributed by atoms with E-state index in [4.69, 9.17) is 0 Å². The number of hydrogen-bond acceptors (Lipinski definition) is 4. The highest BCUT2D eigenvalue weighted by Gasteiger charge is 2.49. The fraction of sp³-hybridized carbons (Fsp3) is 0.286. The molecule has 0 aromatic heterocycles. The summed E-state index contributed by atoms with van der Waals surface area (Å²) in [5.74, 6) is -1.01. The van der Waals surface area contributed by atoms with Gasteiger partial charge in [0.1, 0.15) is 5.25 Å². The van der Waals surface area contributed by atoms with Crippen molar-refractivity contribution in [1.82, 2.24) is 0 Å². The van der Waals surface area contributed by atoms with Crippen LogP contribution in [0, 0.1) is 5.92 Å². The van der Waals surface area contributed by atoms with Crippen LogP contribution in [0.15, 0.2) is 46.9 Å². The van der Waals surface area contributed by atoms with Gasteiger partial charge in [-0.05, 0) is 24.6 Å². The van der Waals surface area contributed by atoms with Gasteiger partial charge >= 0.3 is 0 Å². The molecule has 19 heavy (non-hydrogen) atoms. The number of carbonyl (C=O) groups is 2. The molecular weight excluding hydrogens is 264 g/mol. The molecule has 2 atom stereocenters. The fourth-order valence-corrected chi connectivity index (χ4v) is 4.77. The summed E-state index contributed by atoms with van der Waals surface area (Å²) < 4.78 is 25.1. The Labute approximate surface area is 111 Å². The lowest BCUT2D eigenvalue weighted by Crippen LogP contribution is -2.32. The first kappa shape index (κ1) is 12.3. The maximum Gasteiger partial charge on any atom is 0.189 e. The van der Waals surface area contributed by atoms with E-state index in [0.717, 1.165) is 0 Å². The van der Waals surface area contributed by atoms with Crippen molar-refractivity contribution in [2.45, 2.75) is 23.0 Å². The summed E-state index contributed by atoms with van der Waals surface area (Å²) in [4.78, 5) is 23.7. The van der Waals surface area contributed by atoms with Crippen molar-refractivity contribution in [2.24, 2.45) is 5.92 Å². The van der Waals surface area contributed by atoms with Crippen LogP contribution in [-0.4, -0.2) is 25.2 Å². The van der Waals surface area contributed by atoms with Gasteiger partial charge in [0.15, 0.2) is 21.4 Å². The van der Waals surface area contributed by atoms with Crippen LogP contribution in [0.25, 0.3) is 0 Å². The van der Waals surface area contributed by atoms with Crippen molar-refractivity contribution >= 4 is 21.4 Å². The van der Waals surface area contributed by atoms with E-state index in [1.807, 2.05) is 0 Å². The molecular formula is C14H12O4S. The van der Waals surface area contributed by atoms with Crippen molar-refractivity contribution in [3.63, 3.8) is 0 Å². The van der Waals surface area contributed by atoms with Crippen LogP contribution in [0.4, 0.5) is 0 Å². The van der Waals surface area contributed by atoms with Gasteiger partial charge in [-0.25, -0.2) is 8.42 Å². The van der Waals surface area contributed by atoms with Gasteiger partial charge in [0.2, 0.25) is 0 Å². The number of benzene rings is 1. The Bertz CT molecular complexity index is 685. The molecule has 3 rings (SSSR count). The molecule has 1 aromatic rings. The van der Waals surface area contributed by atoms with Crippen LogP contribution in [0.1, 0.15) is 12.8 Å². The molecule has 0 bridgehead atoms. The van der Waals surface area contributed by atoms with E-state index < -0.39 is 26.8 Å². The third-order valence-corrected chi connectivity index (χ3v) is 5.91. The molecule has 0 amide bonds. The second-order valence-electron chi connectivity index (χ2n) is 4.85. The first-order valence-corrected chi connectivity index (χ1v) is 7.64. The lowest BCUT2D eigenvalue weighted by atomic mass is 10.0. The summed E-state index contributed by atoms with van der Waals surface area (Å²) in [6, 6.07) is 7.94. The van der Waals surface area contributed by atoms with Gasteiger partial charge in [0, 0.05) is 17.9 Å². The second kappa shape index (κ2) is 4.13. The standard InChI is InChI=1S/C14H12O4S/c15-12-7-6-10-11(12)8-13(16)14(10)19(17,18)9-4-2-1-3-5-9/h1-5,8,10,14H,6-7H2/t10-,14+/m1/s1. The topological polar surface area (TPSA) is 68.3 Å². The molecule has 98 valence electrons. The first-order chi connectivity index (χ1) is 9.01. The third kappa shape index (κ3) is 1.76. The van der Waals surface area contributed by atoms with Crippen molar-refractivity contribution in [2.75, 3.05) is 0 Å². The van der Waals surface area contributed by atoms with E-state index in [2.05, 4.69) is 0 Å². The zero-order valence-electron chi connectivity index (χ0n) is 10.1. The number of sulfone groups is 1. The molecule has 0 N–H and O–H groups in total. The molecule has 0 unspecified atom stereocenters. The zero-order chi connectivity index (χ0) is 13.6. The van der Waals surface area contributed by atoms with Crippen molar-refractivity contribution in [3.8, 4) is 0 Å². The number of fused-ring (bicyclic) bond motifs is 1. The van der Waals surface area contributed by atoms with E-state index >= 15 is 0 Å². The average molecular weight is 276 g/mol. The quantitative estimate of drug-likeness (QED) is 0.817. The average Bonchev–Trinajstić information content (AvgIpc) is 2.90. The second-order valence-corrected chi connectivity index (χ2v) is 6.92. The van der Waals surface area contributed by atoms with Gasteiger partial charge in [0.05, 0.1) is 4.90 Å². The van der Waals surface area contributed by atoms with E-state index in [0.29, 0.717) is 18.4 Å². The molecule has 1 aromatic carbocycles. The van der Waals surface area contributed by atoms with Gasteiger partial charge in [-0.3, -0.25) is 9.59 Å². The largest absolute Gasteiger partial charge is 0.295 e. The minimum absolute atomic E-state index is 0.0934. The minimum Gasteiger partial charge on any atom is -0.295 e. The molecule has 5 heteroatoms. The van der Waals surface area contributed by atoms with Crippen molar-refractivity contribution in [1.29, 1.82) is 0 Å². The number of rotatable bonds is 2. The smallest absolute Gasteiger partial charge is 0.189 e. The van der Waals surface area contributed by atoms with Gasteiger partial charge in [-0.15, -0.1) is 0 Å². The molecule has 0 aliphatic heterocycles. The Morgan fingerprint density at radius 3 is 2.42 bits per heavy atom. The predicted molar refractivity (Wildman–Crippen MR) is 68.2 cm³/mol. The molecule has 0 spiro atoms. The highest BCUT2D eigenvalue weighted by molar-refractivity contribution is 7.93. The predicted octanol–water partition coefficient (Wildman–Crippen LogP) is 1.32. The first-order valence-electron chi connectivity index (χ1n) is 6.09. The molecule has 4 nitrogen and oxygen atoms in total. The van der Waals surface area contributed by atoms with E-state index in [-0.39, 0.29) is 10.7 Å². The summed E-state index contributed by atoms with van der Waals surface area (Å²) in [7, 11) is -3.72. The SMILES string of the molecule is O=C1CC[C@@H]2C1=CC(=O)[C@H]2S(=O)(=O)c1ccccc1. The van der Waals surface area contributed by atoms with Crippen LogP contribution in [-0.2, 0) is 19.4 Å². The number of Topliss-reactive ketones (excluding diaryl/α,β-unsaturated/α-hetero) is 1. The zero-order valence-corrected chi connectivity index (χ0v) is 10.9. The number of ketones is 2. The molecule has 0 heterocycles. The van der Waals surface area contributed by atoms with Gasteiger partial charge < -0.3 is 0 Å². The lowest BCUT2D eigenvalue weighted by molar-refractivity contribution is -0.115. The van der Waals surface area contributed by atoms with Crippen LogP contribution in [0.2, 0.25) is 0 Å². The summed E-state index contributed by atoms with van der Waals surface area (Å²) >= 11 is 0. The van der Waals surface area contributed by atoms with Crippen LogP contribution >= 0.6 is 0 Å². The molecule has 1 saturated carbocycles. The van der Waals surface area contributed by atoms with Crippen molar-refractivity contribution < 1.29 is 18.0 Å². The molecule has 0 radical (unpaired) electrons. The summed E-state index contributed by atoms with van der Waals surface area (Å²) in [5, 5.41) is -1.11. The maximum atomic E-state index is 12.5. The number of hydrogen-bond donors (Lipinski definition) is 0. The fourth-order valence-electron chi connectivity index (χ4n) is 2.85. The van der Waals surface area contributed by atoms with Crippen LogP contribution in [0.3, 0.4) is 0 Å². The highest BCUT2D eigenvalue weighted by Crippen LogP contribution is 2.40. The van der Waals surface area contributed by atoms with Crippen LogP contribution < -0.4 is 0 Å². The van der Waals surface area contributed by atoms with Gasteiger partial charge in [0.25, 0.3) is 0 Å². The Balaban J connectivity index is 2.05. The number of carbonyl (C=O) groups excluding carboxylic acids is 2. The third-order valence-electron chi connectivity index (χ3n) is 3.75. The molecule has 0 saturated heterocycles. The monoisotopic (exact) mass is 276 g/mol. The molecule has 2 aliphatic carbocycles. The lowest BCUT2D eigenvalue weighted by Gasteiger charge is -2.16. The van der Waals surface area contributed by atoms with E-state index in [1.165, 1.54) is 18.2 Å².